The quantitative estimate of drug-likeness (QED) is 0.486. The van der Waals surface area contributed by atoms with E-state index >= 15 is 0 Å². The van der Waals surface area contributed by atoms with Crippen LogP contribution in [0, 0.1) is 0 Å². The highest BCUT2D eigenvalue weighted by Crippen LogP contribution is 2.22. The van der Waals surface area contributed by atoms with Gasteiger partial charge >= 0.3 is 0 Å². The van der Waals surface area contributed by atoms with E-state index in [4.69, 9.17) is 10.6 Å². The van der Waals surface area contributed by atoms with Gasteiger partial charge in [0.1, 0.15) is 0 Å². The number of ether oxygens (including phenoxy) is 1. The van der Waals surface area contributed by atoms with E-state index in [1.807, 2.05) is 31.2 Å². The number of nitrogens with one attached hydrogen (secondary N) is 1. The third-order valence-corrected chi connectivity index (χ3v) is 3.80. The van der Waals surface area contributed by atoms with Crippen molar-refractivity contribution in [2.75, 3.05) is 0 Å². The number of carbonyl (C=O) groups is 1. The lowest BCUT2D eigenvalue weighted by molar-refractivity contribution is -0.122. The lowest BCUT2D eigenvalue weighted by Gasteiger charge is -2.13. The molecule has 1 aromatic rings. The molecule has 1 aromatic carbocycles. The van der Waals surface area contributed by atoms with Crippen LogP contribution < -0.4 is 11.3 Å². The van der Waals surface area contributed by atoms with Crippen LogP contribution in [0.5, 0.6) is 0 Å². The van der Waals surface area contributed by atoms with Gasteiger partial charge in [-0.1, -0.05) is 37.1 Å². The predicted molar refractivity (Wildman–Crippen MR) is 74.2 cm³/mol. The molecule has 0 saturated heterocycles. The van der Waals surface area contributed by atoms with Crippen LogP contribution in [0.1, 0.15) is 49.7 Å². The number of nitrogens with two attached hydrogens (primary N) is 1. The van der Waals surface area contributed by atoms with Gasteiger partial charge in [-0.2, -0.15) is 0 Å². The van der Waals surface area contributed by atoms with E-state index < -0.39 is 0 Å². The third-order valence-electron chi connectivity index (χ3n) is 3.80. The molecule has 4 heteroatoms. The highest BCUT2D eigenvalue weighted by molar-refractivity contribution is 5.82. The Morgan fingerprint density at radius 3 is 2.58 bits per heavy atom. The molecule has 2 rings (SSSR count). The van der Waals surface area contributed by atoms with Gasteiger partial charge in [-0.25, -0.2) is 5.84 Å². The summed E-state index contributed by atoms with van der Waals surface area (Å²) < 4.78 is 5.86. The van der Waals surface area contributed by atoms with Crippen molar-refractivity contribution < 1.29 is 9.53 Å². The van der Waals surface area contributed by atoms with Crippen LogP contribution in [-0.4, -0.2) is 12.0 Å². The van der Waals surface area contributed by atoms with Gasteiger partial charge in [0.05, 0.1) is 18.6 Å². The average molecular weight is 262 g/mol. The number of rotatable bonds is 5. The lowest BCUT2D eigenvalue weighted by atomic mass is 9.99. The van der Waals surface area contributed by atoms with E-state index in [1.54, 1.807) is 0 Å². The zero-order valence-corrected chi connectivity index (χ0v) is 11.4. The Kier molecular flexibility index (Phi) is 4.93. The number of hydrogen-bond donors (Lipinski definition) is 2. The van der Waals surface area contributed by atoms with Crippen molar-refractivity contribution in [2.45, 2.75) is 51.2 Å². The van der Waals surface area contributed by atoms with E-state index in [0.717, 1.165) is 11.1 Å². The molecule has 1 amide bonds. The second-order valence-corrected chi connectivity index (χ2v) is 5.19. The summed E-state index contributed by atoms with van der Waals surface area (Å²) in [6.45, 7) is 2.49. The normalized spacial score (nSPS) is 17.4. The molecule has 1 aliphatic carbocycles. The van der Waals surface area contributed by atoms with Gasteiger partial charge in [-0.3, -0.25) is 10.2 Å². The van der Waals surface area contributed by atoms with E-state index in [1.165, 1.54) is 25.7 Å². The largest absolute Gasteiger partial charge is 0.374 e. The maximum atomic E-state index is 11.4. The molecule has 1 fully saturated rings. The highest BCUT2D eigenvalue weighted by Gasteiger charge is 2.16. The van der Waals surface area contributed by atoms with Gasteiger partial charge in [0.25, 0.3) is 0 Å². The number of hydrogen-bond acceptors (Lipinski definition) is 3. The van der Waals surface area contributed by atoms with E-state index in [2.05, 4.69) is 5.43 Å². The van der Waals surface area contributed by atoms with Crippen LogP contribution in [0.4, 0.5) is 0 Å². The predicted octanol–water partition coefficient (Wildman–Crippen LogP) is 2.24. The number of hydrazine groups is 1. The maximum absolute atomic E-state index is 11.4. The van der Waals surface area contributed by atoms with Crippen molar-refractivity contribution in [3.63, 3.8) is 0 Å². The first-order valence-electron chi connectivity index (χ1n) is 6.91. The Bertz CT molecular complexity index is 411. The van der Waals surface area contributed by atoms with Gasteiger partial charge < -0.3 is 4.74 Å². The Morgan fingerprint density at radius 2 is 2.00 bits per heavy atom. The van der Waals surface area contributed by atoms with Crippen molar-refractivity contribution in [3.05, 3.63) is 35.4 Å². The molecule has 1 atom stereocenters. The van der Waals surface area contributed by atoms with Gasteiger partial charge in [0, 0.05) is 0 Å². The summed E-state index contributed by atoms with van der Waals surface area (Å²) in [4.78, 5) is 11.4. The fourth-order valence-electron chi connectivity index (χ4n) is 2.45. The Labute approximate surface area is 114 Å². The van der Waals surface area contributed by atoms with Gasteiger partial charge in [-0.05, 0) is 30.9 Å². The molecular formula is C15H22N2O2. The van der Waals surface area contributed by atoms with Crippen LogP contribution in [0.3, 0.4) is 0 Å². The SMILES string of the molecule is CC(C(=O)NN)c1ccc(COC2CCCC2)cc1. The maximum Gasteiger partial charge on any atom is 0.241 e. The molecule has 104 valence electrons. The van der Waals surface area contributed by atoms with Crippen molar-refractivity contribution in [1.82, 2.24) is 5.43 Å². The third kappa shape index (κ3) is 3.78. The Morgan fingerprint density at radius 1 is 1.37 bits per heavy atom. The van der Waals surface area contributed by atoms with Crippen LogP contribution in [0.25, 0.3) is 0 Å². The minimum atomic E-state index is -0.227. The summed E-state index contributed by atoms with van der Waals surface area (Å²) in [5, 5.41) is 0. The second kappa shape index (κ2) is 6.68. The fraction of sp³-hybridized carbons (Fsp3) is 0.533. The Hall–Kier alpha value is -1.39. The molecule has 1 unspecified atom stereocenters. The highest BCUT2D eigenvalue weighted by atomic mass is 16.5. The van der Waals surface area contributed by atoms with E-state index in [0.29, 0.717) is 12.7 Å². The van der Waals surface area contributed by atoms with Crippen molar-refractivity contribution in [2.24, 2.45) is 5.84 Å². The van der Waals surface area contributed by atoms with Gasteiger partial charge in [0.2, 0.25) is 5.91 Å². The fourth-order valence-corrected chi connectivity index (χ4v) is 2.45. The molecular weight excluding hydrogens is 240 g/mol. The molecule has 0 bridgehead atoms. The summed E-state index contributed by atoms with van der Waals surface area (Å²) >= 11 is 0. The van der Waals surface area contributed by atoms with E-state index in [9.17, 15) is 4.79 Å². The molecule has 0 heterocycles. The zero-order chi connectivity index (χ0) is 13.7. The van der Waals surface area contributed by atoms with Crippen LogP contribution in [0.2, 0.25) is 0 Å². The summed E-state index contributed by atoms with van der Waals surface area (Å²) in [5.41, 5.74) is 4.29. The molecule has 0 radical (unpaired) electrons. The summed E-state index contributed by atoms with van der Waals surface area (Å²) in [6, 6.07) is 7.97. The van der Waals surface area contributed by atoms with Crippen LogP contribution >= 0.6 is 0 Å². The number of amides is 1. The van der Waals surface area contributed by atoms with E-state index in [-0.39, 0.29) is 11.8 Å². The van der Waals surface area contributed by atoms with Gasteiger partial charge in [0.15, 0.2) is 0 Å². The molecule has 19 heavy (non-hydrogen) atoms. The zero-order valence-electron chi connectivity index (χ0n) is 11.4. The Balaban J connectivity index is 1.88. The first-order valence-corrected chi connectivity index (χ1v) is 6.91. The molecule has 0 aromatic heterocycles. The second-order valence-electron chi connectivity index (χ2n) is 5.19. The standard InChI is InChI=1S/C15H22N2O2/c1-11(15(18)17-16)13-8-6-12(7-9-13)10-19-14-4-2-3-5-14/h6-9,11,14H,2-5,10,16H2,1H3,(H,17,18). The molecule has 3 N–H and O–H groups in total. The van der Waals surface area contributed by atoms with Crippen molar-refractivity contribution in [1.29, 1.82) is 0 Å². The monoisotopic (exact) mass is 262 g/mol. The first-order chi connectivity index (χ1) is 9.20. The first kappa shape index (κ1) is 14.0. The summed E-state index contributed by atoms with van der Waals surface area (Å²) in [7, 11) is 0. The smallest absolute Gasteiger partial charge is 0.241 e. The number of benzene rings is 1. The van der Waals surface area contributed by atoms with Crippen molar-refractivity contribution >= 4 is 5.91 Å². The minimum absolute atomic E-state index is 0.171. The number of carbonyl (C=O) groups excluding carboxylic acids is 1. The molecule has 1 aliphatic rings. The topological polar surface area (TPSA) is 64.4 Å². The lowest BCUT2D eigenvalue weighted by Crippen LogP contribution is -2.33. The van der Waals surface area contributed by atoms with Crippen LogP contribution in [0.15, 0.2) is 24.3 Å². The summed E-state index contributed by atoms with van der Waals surface area (Å²) in [6.07, 6.45) is 5.38. The average Bonchev–Trinajstić information content (AvgIpc) is 2.97. The molecule has 4 nitrogen and oxygen atoms in total. The van der Waals surface area contributed by atoms with Gasteiger partial charge in [-0.15, -0.1) is 0 Å². The van der Waals surface area contributed by atoms with Crippen LogP contribution in [-0.2, 0) is 16.1 Å². The molecule has 1 saturated carbocycles. The van der Waals surface area contributed by atoms with Crippen molar-refractivity contribution in [3.8, 4) is 0 Å². The minimum Gasteiger partial charge on any atom is -0.374 e. The summed E-state index contributed by atoms with van der Waals surface area (Å²) in [5.74, 6) is 4.74. The molecule has 0 spiro atoms. The molecule has 0 aliphatic heterocycles.